The Morgan fingerprint density at radius 1 is 1.17 bits per heavy atom. The van der Waals surface area contributed by atoms with Crippen LogP contribution in [0.25, 0.3) is 0 Å². The van der Waals surface area contributed by atoms with Crippen LogP contribution in [-0.2, 0) is 4.79 Å². The molecule has 3 rings (SSSR count). The molecule has 6 heteroatoms. The number of hydrogen-bond acceptors (Lipinski definition) is 5. The number of hydrogen-bond donors (Lipinski definition) is 0. The van der Waals surface area contributed by atoms with Crippen molar-refractivity contribution in [3.8, 4) is 0 Å². The van der Waals surface area contributed by atoms with Crippen LogP contribution in [-0.4, -0.2) is 61.0 Å². The Kier molecular flexibility index (Phi) is 5.16. The molecule has 2 aromatic rings. The summed E-state index contributed by atoms with van der Waals surface area (Å²) in [6, 6.07) is 9.87. The molecule has 24 heavy (non-hydrogen) atoms. The van der Waals surface area contributed by atoms with Crippen molar-refractivity contribution >= 4 is 22.4 Å². The van der Waals surface area contributed by atoms with Crippen molar-refractivity contribution < 1.29 is 4.79 Å². The molecule has 1 aliphatic heterocycles. The van der Waals surface area contributed by atoms with Crippen LogP contribution in [0, 0.1) is 6.92 Å². The first-order valence-corrected chi connectivity index (χ1v) is 9.11. The number of nitrogens with zero attached hydrogens (tertiary/aromatic N) is 4. The minimum absolute atomic E-state index is 0.139. The van der Waals surface area contributed by atoms with Crippen molar-refractivity contribution in [2.45, 2.75) is 13.0 Å². The largest absolute Gasteiger partial charge is 0.347 e. The van der Waals surface area contributed by atoms with Crippen LogP contribution in [0.4, 0.5) is 5.13 Å². The molecule has 1 aromatic heterocycles. The SMILES string of the molecule is Cc1csc(N2CCN(C(C(=O)N(C)C)c3ccccc3)CC2)n1. The third-order valence-corrected chi connectivity index (χ3v) is 5.37. The summed E-state index contributed by atoms with van der Waals surface area (Å²) in [6.45, 7) is 5.54. The smallest absolute Gasteiger partial charge is 0.244 e. The number of aryl methyl sites for hydroxylation is 1. The van der Waals surface area contributed by atoms with E-state index in [1.165, 1.54) is 0 Å². The lowest BCUT2D eigenvalue weighted by Crippen LogP contribution is -2.51. The van der Waals surface area contributed by atoms with E-state index in [4.69, 9.17) is 0 Å². The minimum Gasteiger partial charge on any atom is -0.347 e. The van der Waals surface area contributed by atoms with E-state index in [1.54, 1.807) is 16.2 Å². The molecule has 1 aromatic carbocycles. The molecule has 1 amide bonds. The van der Waals surface area contributed by atoms with Crippen molar-refractivity contribution in [2.24, 2.45) is 0 Å². The zero-order valence-electron chi connectivity index (χ0n) is 14.5. The number of anilines is 1. The highest BCUT2D eigenvalue weighted by Gasteiger charge is 2.31. The monoisotopic (exact) mass is 344 g/mol. The van der Waals surface area contributed by atoms with Gasteiger partial charge in [-0.25, -0.2) is 4.98 Å². The van der Waals surface area contributed by atoms with Gasteiger partial charge in [0.25, 0.3) is 0 Å². The van der Waals surface area contributed by atoms with Crippen molar-refractivity contribution in [1.29, 1.82) is 0 Å². The lowest BCUT2D eigenvalue weighted by molar-refractivity contribution is -0.134. The molecular formula is C18H24N4OS. The second-order valence-electron chi connectivity index (χ2n) is 6.34. The summed E-state index contributed by atoms with van der Waals surface area (Å²) in [6.07, 6.45) is 0. The van der Waals surface area contributed by atoms with Crippen LogP contribution in [0.2, 0.25) is 0 Å². The highest BCUT2D eigenvalue weighted by atomic mass is 32.1. The quantitative estimate of drug-likeness (QED) is 0.854. The number of thiazole rings is 1. The standard InChI is InChI=1S/C18H24N4OS/c1-14-13-24-18(19-14)22-11-9-21(10-12-22)16(17(23)20(2)3)15-7-5-4-6-8-15/h4-8,13,16H,9-12H2,1-3H3. The number of aromatic nitrogens is 1. The second-order valence-corrected chi connectivity index (χ2v) is 7.18. The maximum absolute atomic E-state index is 12.8. The molecule has 0 bridgehead atoms. The van der Waals surface area contributed by atoms with E-state index in [2.05, 4.69) is 20.2 Å². The van der Waals surface area contributed by atoms with E-state index in [1.807, 2.05) is 51.4 Å². The predicted molar refractivity (Wildman–Crippen MR) is 98.5 cm³/mol. The maximum atomic E-state index is 12.8. The molecule has 1 unspecified atom stereocenters. The molecule has 0 radical (unpaired) electrons. The van der Waals surface area contributed by atoms with Crippen LogP contribution in [0.1, 0.15) is 17.3 Å². The van der Waals surface area contributed by atoms with E-state index in [0.717, 1.165) is 42.6 Å². The Balaban J connectivity index is 1.74. The second kappa shape index (κ2) is 7.32. The summed E-state index contributed by atoms with van der Waals surface area (Å²) in [5.41, 5.74) is 2.14. The van der Waals surface area contributed by atoms with E-state index >= 15 is 0 Å². The Morgan fingerprint density at radius 3 is 2.38 bits per heavy atom. The molecular weight excluding hydrogens is 320 g/mol. The van der Waals surface area contributed by atoms with Crippen LogP contribution >= 0.6 is 11.3 Å². The fourth-order valence-electron chi connectivity index (χ4n) is 3.05. The molecule has 1 aliphatic rings. The molecule has 1 fully saturated rings. The maximum Gasteiger partial charge on any atom is 0.244 e. The van der Waals surface area contributed by atoms with E-state index in [-0.39, 0.29) is 11.9 Å². The fourth-order valence-corrected chi connectivity index (χ4v) is 3.90. The Labute approximate surface area is 147 Å². The van der Waals surface area contributed by atoms with Gasteiger partial charge >= 0.3 is 0 Å². The summed E-state index contributed by atoms with van der Waals surface area (Å²) in [4.78, 5) is 23.6. The Hall–Kier alpha value is -1.92. The molecule has 0 saturated carbocycles. The van der Waals surface area contributed by atoms with Gasteiger partial charge in [0.2, 0.25) is 5.91 Å². The van der Waals surface area contributed by atoms with Gasteiger partial charge in [0, 0.05) is 45.7 Å². The number of benzene rings is 1. The first-order chi connectivity index (χ1) is 11.6. The minimum atomic E-state index is -0.207. The van der Waals surface area contributed by atoms with Crippen molar-refractivity contribution in [3.63, 3.8) is 0 Å². The van der Waals surface area contributed by atoms with E-state index in [0.29, 0.717) is 0 Å². The number of carbonyl (C=O) groups excluding carboxylic acids is 1. The normalized spacial score (nSPS) is 16.9. The number of piperazine rings is 1. The molecule has 0 aliphatic carbocycles. The average molecular weight is 344 g/mol. The number of likely N-dealkylation sites (N-methyl/N-ethyl adjacent to an activating group) is 1. The highest BCUT2D eigenvalue weighted by molar-refractivity contribution is 7.13. The van der Waals surface area contributed by atoms with Crippen LogP contribution in [0.3, 0.4) is 0 Å². The lowest BCUT2D eigenvalue weighted by Gasteiger charge is -2.39. The zero-order valence-corrected chi connectivity index (χ0v) is 15.3. The first-order valence-electron chi connectivity index (χ1n) is 8.23. The van der Waals surface area contributed by atoms with Crippen LogP contribution < -0.4 is 4.90 Å². The molecule has 128 valence electrons. The van der Waals surface area contributed by atoms with Gasteiger partial charge in [0.15, 0.2) is 5.13 Å². The van der Waals surface area contributed by atoms with E-state index in [9.17, 15) is 4.79 Å². The molecule has 0 spiro atoms. The summed E-state index contributed by atoms with van der Waals surface area (Å²) >= 11 is 1.69. The number of rotatable bonds is 4. The third kappa shape index (κ3) is 3.60. The van der Waals surface area contributed by atoms with Crippen molar-refractivity contribution in [2.75, 3.05) is 45.2 Å². The zero-order chi connectivity index (χ0) is 17.1. The Bertz CT molecular complexity index is 677. The molecule has 2 heterocycles. The molecule has 0 N–H and O–H groups in total. The summed E-state index contributed by atoms with van der Waals surface area (Å²) in [5, 5.41) is 3.17. The van der Waals surface area contributed by atoms with Crippen molar-refractivity contribution in [1.82, 2.24) is 14.8 Å². The van der Waals surface area contributed by atoms with Crippen LogP contribution in [0.5, 0.6) is 0 Å². The van der Waals surface area contributed by atoms with E-state index < -0.39 is 0 Å². The highest BCUT2D eigenvalue weighted by Crippen LogP contribution is 2.27. The van der Waals surface area contributed by atoms with Gasteiger partial charge in [-0.2, -0.15) is 0 Å². The molecule has 1 atom stereocenters. The van der Waals surface area contributed by atoms with Gasteiger partial charge in [-0.15, -0.1) is 11.3 Å². The van der Waals surface area contributed by atoms with Gasteiger partial charge in [-0.05, 0) is 12.5 Å². The number of amides is 1. The Morgan fingerprint density at radius 2 is 1.83 bits per heavy atom. The summed E-state index contributed by atoms with van der Waals surface area (Å²) in [5.74, 6) is 0.139. The van der Waals surface area contributed by atoms with Gasteiger partial charge in [-0.1, -0.05) is 30.3 Å². The van der Waals surface area contributed by atoms with Gasteiger partial charge in [0.05, 0.1) is 5.69 Å². The predicted octanol–water partition coefficient (Wildman–Crippen LogP) is 2.40. The lowest BCUT2D eigenvalue weighted by atomic mass is 10.0. The average Bonchev–Trinajstić information content (AvgIpc) is 3.03. The first kappa shape index (κ1) is 16.9. The summed E-state index contributed by atoms with van der Waals surface area (Å²) < 4.78 is 0. The molecule has 5 nitrogen and oxygen atoms in total. The third-order valence-electron chi connectivity index (χ3n) is 4.35. The number of carbonyl (C=O) groups is 1. The van der Waals surface area contributed by atoms with Gasteiger partial charge < -0.3 is 9.80 Å². The fraction of sp³-hybridized carbons (Fsp3) is 0.444. The topological polar surface area (TPSA) is 39.7 Å². The van der Waals surface area contributed by atoms with Crippen molar-refractivity contribution in [3.05, 3.63) is 47.0 Å². The van der Waals surface area contributed by atoms with Gasteiger partial charge in [-0.3, -0.25) is 9.69 Å². The summed E-state index contributed by atoms with van der Waals surface area (Å²) in [7, 11) is 3.65. The van der Waals surface area contributed by atoms with Gasteiger partial charge in [0.1, 0.15) is 6.04 Å². The van der Waals surface area contributed by atoms with Crippen LogP contribution in [0.15, 0.2) is 35.7 Å². The molecule has 1 saturated heterocycles.